The van der Waals surface area contributed by atoms with Gasteiger partial charge in [-0.05, 0) is 48.4 Å². The highest BCUT2D eigenvalue weighted by atomic mass is 15.1. The molecule has 1 aromatic heterocycles. The highest BCUT2D eigenvalue weighted by Gasteiger charge is 2.24. The summed E-state index contributed by atoms with van der Waals surface area (Å²) >= 11 is 0. The topological polar surface area (TPSA) is 16.1 Å². The van der Waals surface area contributed by atoms with Gasteiger partial charge in [-0.25, -0.2) is 0 Å². The van der Waals surface area contributed by atoms with Crippen LogP contribution in [0.1, 0.15) is 45.6 Å². The van der Waals surface area contributed by atoms with Crippen LogP contribution in [0.5, 0.6) is 0 Å². The number of pyridine rings is 1. The summed E-state index contributed by atoms with van der Waals surface area (Å²) in [7, 11) is 0. The first-order chi connectivity index (χ1) is 9.57. The Bertz CT molecular complexity index is 604. The van der Waals surface area contributed by atoms with Gasteiger partial charge in [0.1, 0.15) is 0 Å². The van der Waals surface area contributed by atoms with Gasteiger partial charge in [0.2, 0.25) is 0 Å². The van der Waals surface area contributed by atoms with E-state index in [1.807, 2.05) is 6.20 Å². The second kappa shape index (κ2) is 5.08. The highest BCUT2D eigenvalue weighted by Crippen LogP contribution is 2.38. The summed E-state index contributed by atoms with van der Waals surface area (Å²) in [6.45, 7) is 9.30. The van der Waals surface area contributed by atoms with Crippen molar-refractivity contribution >= 4 is 16.6 Å². The molecule has 2 aromatic rings. The fraction of sp³-hybridized carbons (Fsp3) is 0.500. The number of nitrogens with zero attached hydrogens (tertiary/aromatic N) is 2. The van der Waals surface area contributed by atoms with Crippen molar-refractivity contribution in [3.8, 4) is 0 Å². The van der Waals surface area contributed by atoms with Crippen molar-refractivity contribution in [2.45, 2.75) is 45.4 Å². The van der Waals surface area contributed by atoms with E-state index in [-0.39, 0.29) is 5.41 Å². The monoisotopic (exact) mass is 268 g/mol. The quantitative estimate of drug-likeness (QED) is 0.755. The second-order valence-corrected chi connectivity index (χ2v) is 6.83. The number of hydrogen-bond donors (Lipinski definition) is 0. The molecule has 20 heavy (non-hydrogen) atoms. The molecule has 0 atom stereocenters. The van der Waals surface area contributed by atoms with Gasteiger partial charge in [-0.3, -0.25) is 4.98 Å². The Morgan fingerprint density at radius 2 is 1.75 bits per heavy atom. The van der Waals surface area contributed by atoms with Gasteiger partial charge < -0.3 is 4.90 Å². The molecule has 0 unspecified atom stereocenters. The zero-order valence-corrected chi connectivity index (χ0v) is 12.8. The first-order valence-corrected chi connectivity index (χ1v) is 7.70. The van der Waals surface area contributed by atoms with Crippen LogP contribution in [0.3, 0.4) is 0 Å². The third-order valence-corrected chi connectivity index (χ3v) is 4.21. The summed E-state index contributed by atoms with van der Waals surface area (Å²) in [5, 5.41) is 1.31. The summed E-state index contributed by atoms with van der Waals surface area (Å²) in [4.78, 5) is 7.09. The molecule has 0 aliphatic carbocycles. The third-order valence-electron chi connectivity index (χ3n) is 4.21. The van der Waals surface area contributed by atoms with E-state index in [9.17, 15) is 0 Å². The highest BCUT2D eigenvalue weighted by molar-refractivity contribution is 5.88. The van der Waals surface area contributed by atoms with Crippen LogP contribution in [0.25, 0.3) is 10.9 Å². The van der Waals surface area contributed by atoms with Crippen LogP contribution in [-0.4, -0.2) is 18.1 Å². The van der Waals surface area contributed by atoms with Crippen LogP contribution in [0.15, 0.2) is 30.5 Å². The Balaban J connectivity index is 2.20. The lowest BCUT2D eigenvalue weighted by atomic mass is 9.82. The van der Waals surface area contributed by atoms with Gasteiger partial charge in [-0.2, -0.15) is 0 Å². The maximum absolute atomic E-state index is 4.52. The van der Waals surface area contributed by atoms with Gasteiger partial charge in [0.05, 0.1) is 5.52 Å². The summed E-state index contributed by atoms with van der Waals surface area (Å²) in [5.41, 5.74) is 4.11. The summed E-state index contributed by atoms with van der Waals surface area (Å²) in [6.07, 6.45) is 5.88. The van der Waals surface area contributed by atoms with Crippen LogP contribution in [0, 0.1) is 0 Å². The Hall–Kier alpha value is -1.57. The Kier molecular flexibility index (Phi) is 3.41. The predicted octanol–water partition coefficient (Wildman–Crippen LogP) is 4.52. The van der Waals surface area contributed by atoms with Gasteiger partial charge in [0.15, 0.2) is 0 Å². The molecule has 0 amide bonds. The molecule has 1 fully saturated rings. The van der Waals surface area contributed by atoms with Crippen molar-refractivity contribution in [3.63, 3.8) is 0 Å². The van der Waals surface area contributed by atoms with E-state index in [0.717, 1.165) is 5.52 Å². The molecule has 2 heteroatoms. The van der Waals surface area contributed by atoms with Crippen molar-refractivity contribution in [1.82, 2.24) is 4.98 Å². The molecule has 0 N–H and O–H groups in total. The van der Waals surface area contributed by atoms with E-state index in [1.54, 1.807) is 0 Å². The van der Waals surface area contributed by atoms with Crippen molar-refractivity contribution in [3.05, 3.63) is 36.0 Å². The Labute approximate surface area is 121 Å². The van der Waals surface area contributed by atoms with Crippen LogP contribution >= 0.6 is 0 Å². The molecule has 1 saturated heterocycles. The van der Waals surface area contributed by atoms with E-state index < -0.39 is 0 Å². The van der Waals surface area contributed by atoms with Gasteiger partial charge in [-0.1, -0.05) is 26.8 Å². The van der Waals surface area contributed by atoms with E-state index in [2.05, 4.69) is 54.9 Å². The van der Waals surface area contributed by atoms with Crippen molar-refractivity contribution in [2.75, 3.05) is 18.0 Å². The first kappa shape index (κ1) is 13.4. The van der Waals surface area contributed by atoms with Gasteiger partial charge in [0, 0.05) is 30.4 Å². The lowest BCUT2D eigenvalue weighted by Crippen LogP contribution is -2.32. The fourth-order valence-electron chi connectivity index (χ4n) is 3.33. The zero-order valence-electron chi connectivity index (χ0n) is 12.8. The van der Waals surface area contributed by atoms with Gasteiger partial charge in [0.25, 0.3) is 0 Å². The molecule has 106 valence electrons. The summed E-state index contributed by atoms with van der Waals surface area (Å²) in [5.74, 6) is 0. The molecule has 0 spiro atoms. The largest absolute Gasteiger partial charge is 0.371 e. The molecule has 0 bridgehead atoms. The maximum Gasteiger partial charge on any atom is 0.0706 e. The van der Waals surface area contributed by atoms with Crippen LogP contribution in [0.4, 0.5) is 5.69 Å². The van der Waals surface area contributed by atoms with Crippen molar-refractivity contribution in [2.24, 2.45) is 0 Å². The predicted molar refractivity (Wildman–Crippen MR) is 86.5 cm³/mol. The minimum absolute atomic E-state index is 0.134. The molecule has 3 rings (SSSR count). The third kappa shape index (κ3) is 2.39. The molecule has 1 aliphatic rings. The second-order valence-electron chi connectivity index (χ2n) is 6.83. The van der Waals surface area contributed by atoms with Gasteiger partial charge in [-0.15, -0.1) is 0 Å². The molecule has 1 aromatic carbocycles. The zero-order chi connectivity index (χ0) is 14.2. The first-order valence-electron chi connectivity index (χ1n) is 7.70. The lowest BCUT2D eigenvalue weighted by molar-refractivity contribution is 0.559. The molecule has 0 saturated carbocycles. The SMILES string of the molecule is CC(C)(C)c1c(N2CCCCC2)ccc2ncccc12. The average molecular weight is 268 g/mol. The Morgan fingerprint density at radius 3 is 2.45 bits per heavy atom. The molecule has 2 heterocycles. The minimum atomic E-state index is 0.134. The number of anilines is 1. The lowest BCUT2D eigenvalue weighted by Gasteiger charge is -2.34. The smallest absolute Gasteiger partial charge is 0.0706 e. The van der Waals surface area contributed by atoms with Crippen LogP contribution in [-0.2, 0) is 5.41 Å². The molecule has 0 radical (unpaired) electrons. The number of rotatable bonds is 1. The number of piperidine rings is 1. The number of fused-ring (bicyclic) bond motifs is 1. The van der Waals surface area contributed by atoms with E-state index in [0.29, 0.717) is 0 Å². The molecular weight excluding hydrogens is 244 g/mol. The summed E-state index contributed by atoms with van der Waals surface area (Å²) < 4.78 is 0. The average Bonchev–Trinajstić information content (AvgIpc) is 2.46. The number of hydrogen-bond acceptors (Lipinski definition) is 2. The normalized spacial score (nSPS) is 16.6. The van der Waals surface area contributed by atoms with Crippen LogP contribution < -0.4 is 4.90 Å². The van der Waals surface area contributed by atoms with E-state index in [1.165, 1.54) is 49.0 Å². The van der Waals surface area contributed by atoms with Crippen molar-refractivity contribution in [1.29, 1.82) is 0 Å². The maximum atomic E-state index is 4.52. The Morgan fingerprint density at radius 1 is 1.00 bits per heavy atom. The molecular formula is C18H24N2. The number of benzene rings is 1. The fourth-order valence-corrected chi connectivity index (χ4v) is 3.33. The van der Waals surface area contributed by atoms with E-state index in [4.69, 9.17) is 0 Å². The standard InChI is InChI=1S/C18H24N2/c1-18(2,3)17-14-8-7-11-19-15(14)9-10-16(17)20-12-5-4-6-13-20/h7-11H,4-6,12-13H2,1-3H3. The van der Waals surface area contributed by atoms with Crippen molar-refractivity contribution < 1.29 is 0 Å². The minimum Gasteiger partial charge on any atom is -0.371 e. The number of aromatic nitrogens is 1. The molecule has 2 nitrogen and oxygen atoms in total. The van der Waals surface area contributed by atoms with E-state index >= 15 is 0 Å². The summed E-state index contributed by atoms with van der Waals surface area (Å²) in [6, 6.07) is 8.73. The van der Waals surface area contributed by atoms with Gasteiger partial charge >= 0.3 is 0 Å². The molecule has 1 aliphatic heterocycles. The van der Waals surface area contributed by atoms with Crippen LogP contribution in [0.2, 0.25) is 0 Å².